The number of benzene rings is 2. The van der Waals surface area contributed by atoms with Crippen molar-refractivity contribution >= 4 is 16.8 Å². The molecule has 0 bridgehead atoms. The zero-order chi connectivity index (χ0) is 17.1. The van der Waals surface area contributed by atoms with Crippen LogP contribution in [-0.2, 0) is 6.42 Å². The van der Waals surface area contributed by atoms with Gasteiger partial charge in [-0.05, 0) is 49.6 Å². The van der Waals surface area contributed by atoms with Gasteiger partial charge in [0.25, 0.3) is 5.91 Å². The van der Waals surface area contributed by atoms with Crippen molar-refractivity contribution in [3.63, 3.8) is 0 Å². The highest BCUT2D eigenvalue weighted by Crippen LogP contribution is 2.23. The van der Waals surface area contributed by atoms with E-state index in [0.29, 0.717) is 12.2 Å². The maximum Gasteiger partial charge on any atom is 0.268 e. The van der Waals surface area contributed by atoms with Crippen molar-refractivity contribution in [3.8, 4) is 5.75 Å². The van der Waals surface area contributed by atoms with Gasteiger partial charge in [-0.1, -0.05) is 29.8 Å². The van der Waals surface area contributed by atoms with Gasteiger partial charge < -0.3 is 15.0 Å². The Labute approximate surface area is 141 Å². The molecule has 0 aliphatic carbocycles. The van der Waals surface area contributed by atoms with Crippen LogP contribution in [0.1, 0.15) is 27.2 Å². The average Bonchev–Trinajstić information content (AvgIpc) is 2.92. The fraction of sp³-hybridized carbons (Fsp3) is 0.250. The highest BCUT2D eigenvalue weighted by molar-refractivity contribution is 6.01. The van der Waals surface area contributed by atoms with E-state index in [4.69, 9.17) is 4.74 Å². The van der Waals surface area contributed by atoms with Crippen LogP contribution < -0.4 is 10.1 Å². The number of aromatic nitrogens is 1. The van der Waals surface area contributed by atoms with E-state index in [0.717, 1.165) is 34.2 Å². The lowest BCUT2D eigenvalue weighted by molar-refractivity contribution is 0.0949. The Hall–Kier alpha value is -2.75. The van der Waals surface area contributed by atoms with Crippen molar-refractivity contribution < 1.29 is 9.53 Å². The Morgan fingerprint density at radius 3 is 2.75 bits per heavy atom. The Balaban J connectivity index is 1.70. The van der Waals surface area contributed by atoms with Crippen molar-refractivity contribution in [2.45, 2.75) is 20.3 Å². The summed E-state index contributed by atoms with van der Waals surface area (Å²) >= 11 is 0. The quantitative estimate of drug-likeness (QED) is 0.751. The van der Waals surface area contributed by atoms with E-state index in [9.17, 15) is 4.79 Å². The number of carbonyl (C=O) groups is 1. The van der Waals surface area contributed by atoms with Crippen molar-refractivity contribution in [2.75, 3.05) is 13.7 Å². The van der Waals surface area contributed by atoms with E-state index in [1.54, 1.807) is 7.11 Å². The Kier molecular flexibility index (Phi) is 4.56. The van der Waals surface area contributed by atoms with Crippen molar-refractivity contribution in [2.24, 2.45) is 0 Å². The number of aromatic amines is 1. The number of ether oxygens (including phenoxy) is 1. The first-order valence-corrected chi connectivity index (χ1v) is 8.09. The molecule has 0 atom stereocenters. The summed E-state index contributed by atoms with van der Waals surface area (Å²) in [6.45, 7) is 4.60. The first-order chi connectivity index (χ1) is 11.6. The second kappa shape index (κ2) is 6.79. The average molecular weight is 322 g/mol. The summed E-state index contributed by atoms with van der Waals surface area (Å²) in [5.41, 5.74) is 4.89. The largest absolute Gasteiger partial charge is 0.496 e. The lowest BCUT2D eigenvalue weighted by Crippen LogP contribution is -2.26. The molecule has 4 nitrogen and oxygen atoms in total. The van der Waals surface area contributed by atoms with Crippen LogP contribution in [0.15, 0.2) is 42.5 Å². The monoisotopic (exact) mass is 322 g/mol. The molecule has 0 saturated carbocycles. The molecule has 0 aliphatic heterocycles. The molecule has 0 saturated heterocycles. The first-order valence-electron chi connectivity index (χ1n) is 8.09. The molecule has 3 rings (SSSR count). The summed E-state index contributed by atoms with van der Waals surface area (Å²) in [4.78, 5) is 15.7. The molecular formula is C20H22N2O2. The van der Waals surface area contributed by atoms with Crippen LogP contribution in [0.2, 0.25) is 0 Å². The van der Waals surface area contributed by atoms with Gasteiger partial charge in [-0.3, -0.25) is 4.79 Å². The van der Waals surface area contributed by atoms with Crippen LogP contribution >= 0.6 is 0 Å². The Morgan fingerprint density at radius 2 is 1.96 bits per heavy atom. The lowest BCUT2D eigenvalue weighted by atomic mass is 10.1. The van der Waals surface area contributed by atoms with Gasteiger partial charge in [0.1, 0.15) is 11.4 Å². The van der Waals surface area contributed by atoms with Gasteiger partial charge in [0, 0.05) is 17.4 Å². The SMILES string of the molecule is COc1ccccc1CCNC(=O)c1[nH]c2ccc(C)cc2c1C. The number of methoxy groups -OCH3 is 1. The smallest absolute Gasteiger partial charge is 0.268 e. The van der Waals surface area contributed by atoms with E-state index >= 15 is 0 Å². The minimum absolute atomic E-state index is 0.0729. The normalized spacial score (nSPS) is 10.8. The van der Waals surface area contributed by atoms with E-state index in [1.165, 1.54) is 5.56 Å². The number of nitrogens with one attached hydrogen (secondary N) is 2. The third-order valence-corrected chi connectivity index (χ3v) is 4.31. The molecule has 0 spiro atoms. The molecule has 1 heterocycles. The number of hydrogen-bond donors (Lipinski definition) is 2. The number of para-hydroxylation sites is 1. The Bertz CT molecular complexity index is 880. The molecule has 1 aromatic heterocycles. The van der Waals surface area contributed by atoms with Crippen LogP contribution in [0.3, 0.4) is 0 Å². The summed E-state index contributed by atoms with van der Waals surface area (Å²) in [6, 6.07) is 14.0. The van der Waals surface area contributed by atoms with Crippen LogP contribution in [0.4, 0.5) is 0 Å². The van der Waals surface area contributed by atoms with Gasteiger partial charge in [-0.25, -0.2) is 0 Å². The van der Waals surface area contributed by atoms with Crippen molar-refractivity contribution in [1.82, 2.24) is 10.3 Å². The predicted molar refractivity (Wildman–Crippen MR) is 96.8 cm³/mol. The standard InChI is InChI=1S/C20H22N2O2/c1-13-8-9-17-16(12-13)14(2)19(22-17)20(23)21-11-10-15-6-4-5-7-18(15)24-3/h4-9,12,22H,10-11H2,1-3H3,(H,21,23). The summed E-state index contributed by atoms with van der Waals surface area (Å²) < 4.78 is 5.34. The molecule has 2 aromatic carbocycles. The second-order valence-corrected chi connectivity index (χ2v) is 5.99. The van der Waals surface area contributed by atoms with E-state index in [1.807, 2.05) is 43.3 Å². The fourth-order valence-electron chi connectivity index (χ4n) is 2.98. The van der Waals surface area contributed by atoms with Crippen LogP contribution in [-0.4, -0.2) is 24.5 Å². The molecule has 0 aliphatic rings. The Morgan fingerprint density at radius 1 is 1.17 bits per heavy atom. The van der Waals surface area contributed by atoms with Crippen LogP contribution in [0, 0.1) is 13.8 Å². The maximum absolute atomic E-state index is 12.5. The van der Waals surface area contributed by atoms with E-state index in [-0.39, 0.29) is 5.91 Å². The van der Waals surface area contributed by atoms with Gasteiger partial charge >= 0.3 is 0 Å². The van der Waals surface area contributed by atoms with Gasteiger partial charge in [0.05, 0.1) is 7.11 Å². The summed E-state index contributed by atoms with van der Waals surface area (Å²) in [5, 5.41) is 4.09. The number of fused-ring (bicyclic) bond motifs is 1. The molecule has 0 radical (unpaired) electrons. The van der Waals surface area contributed by atoms with Crippen molar-refractivity contribution in [3.05, 3.63) is 64.8 Å². The van der Waals surface area contributed by atoms with Gasteiger partial charge in [-0.15, -0.1) is 0 Å². The molecule has 0 unspecified atom stereocenters. The number of amides is 1. The van der Waals surface area contributed by atoms with Crippen LogP contribution in [0.25, 0.3) is 10.9 Å². The second-order valence-electron chi connectivity index (χ2n) is 5.99. The molecule has 124 valence electrons. The fourth-order valence-corrected chi connectivity index (χ4v) is 2.98. The number of rotatable bonds is 5. The highest BCUT2D eigenvalue weighted by Gasteiger charge is 2.14. The number of aryl methyl sites for hydroxylation is 2. The van der Waals surface area contributed by atoms with Crippen LogP contribution in [0.5, 0.6) is 5.75 Å². The first kappa shape index (κ1) is 16.1. The molecule has 4 heteroatoms. The number of carbonyl (C=O) groups excluding carboxylic acids is 1. The predicted octanol–water partition coefficient (Wildman–Crippen LogP) is 3.77. The zero-order valence-corrected chi connectivity index (χ0v) is 14.3. The third kappa shape index (κ3) is 3.13. The number of H-pyrrole nitrogens is 1. The maximum atomic E-state index is 12.5. The molecule has 24 heavy (non-hydrogen) atoms. The molecule has 0 fully saturated rings. The lowest BCUT2D eigenvalue weighted by Gasteiger charge is -2.09. The molecule has 2 N–H and O–H groups in total. The van der Waals surface area contributed by atoms with E-state index in [2.05, 4.69) is 23.3 Å². The minimum Gasteiger partial charge on any atom is -0.496 e. The van der Waals surface area contributed by atoms with Gasteiger partial charge in [0.2, 0.25) is 0 Å². The topological polar surface area (TPSA) is 54.1 Å². The summed E-state index contributed by atoms with van der Waals surface area (Å²) in [5.74, 6) is 0.778. The van der Waals surface area contributed by atoms with Gasteiger partial charge in [0.15, 0.2) is 0 Å². The summed E-state index contributed by atoms with van der Waals surface area (Å²) in [7, 11) is 1.66. The third-order valence-electron chi connectivity index (χ3n) is 4.31. The van der Waals surface area contributed by atoms with Crippen molar-refractivity contribution in [1.29, 1.82) is 0 Å². The number of hydrogen-bond acceptors (Lipinski definition) is 2. The van der Waals surface area contributed by atoms with Gasteiger partial charge in [-0.2, -0.15) is 0 Å². The van der Waals surface area contributed by atoms with E-state index < -0.39 is 0 Å². The molecular weight excluding hydrogens is 300 g/mol. The molecule has 3 aromatic rings. The molecule has 1 amide bonds. The summed E-state index contributed by atoms with van der Waals surface area (Å²) in [6.07, 6.45) is 0.730. The minimum atomic E-state index is -0.0729. The highest BCUT2D eigenvalue weighted by atomic mass is 16.5. The zero-order valence-electron chi connectivity index (χ0n) is 14.3.